The third kappa shape index (κ3) is 3.50. The second-order valence-electron chi connectivity index (χ2n) is 5.94. The van der Waals surface area contributed by atoms with Crippen LogP contribution in [0.15, 0.2) is 71.1 Å². The van der Waals surface area contributed by atoms with Crippen molar-refractivity contribution in [3.63, 3.8) is 0 Å². The van der Waals surface area contributed by atoms with Crippen molar-refractivity contribution in [2.24, 2.45) is 0 Å². The summed E-state index contributed by atoms with van der Waals surface area (Å²) in [6.45, 7) is -0.473. The molecule has 0 fully saturated rings. The number of ether oxygens (including phenoxy) is 1. The summed E-state index contributed by atoms with van der Waals surface area (Å²) in [6, 6.07) is 18.0. The highest BCUT2D eigenvalue weighted by Gasteiger charge is 2.12. The number of benzene rings is 3. The molecule has 4 aromatic rings. The van der Waals surface area contributed by atoms with Crippen LogP contribution in [0.3, 0.4) is 0 Å². The maximum atomic E-state index is 13.1. The Bertz CT molecular complexity index is 1170. The predicted octanol–water partition coefficient (Wildman–Crippen LogP) is 4.52. The van der Waals surface area contributed by atoms with Gasteiger partial charge < -0.3 is 14.5 Å². The van der Waals surface area contributed by atoms with Gasteiger partial charge in [-0.15, -0.1) is 0 Å². The number of furan rings is 1. The first-order valence-corrected chi connectivity index (χ1v) is 8.24. The lowest BCUT2D eigenvalue weighted by Crippen LogP contribution is -2.20. The second kappa shape index (κ2) is 6.92. The number of esters is 1. The number of halogens is 1. The van der Waals surface area contributed by atoms with Crippen LogP contribution >= 0.6 is 0 Å². The van der Waals surface area contributed by atoms with Crippen LogP contribution in [0.25, 0.3) is 21.9 Å². The lowest BCUT2D eigenvalue weighted by Gasteiger charge is -2.07. The standard InChI is InChI=1S/C21H14FNO4/c22-14-5-3-4-13(10-14)21(25)26-12-20(24)23-15-8-9-19-17(11-15)16-6-1-2-7-18(16)27-19/h1-11H,12H2,(H,23,24). The molecule has 0 aliphatic rings. The third-order valence-electron chi connectivity index (χ3n) is 4.06. The minimum atomic E-state index is -0.763. The molecule has 27 heavy (non-hydrogen) atoms. The quantitative estimate of drug-likeness (QED) is 0.541. The van der Waals surface area contributed by atoms with Crippen molar-refractivity contribution >= 4 is 39.5 Å². The Morgan fingerprint density at radius 1 is 0.926 bits per heavy atom. The lowest BCUT2D eigenvalue weighted by molar-refractivity contribution is -0.119. The van der Waals surface area contributed by atoms with E-state index >= 15 is 0 Å². The highest BCUT2D eigenvalue weighted by molar-refractivity contribution is 6.07. The molecule has 134 valence electrons. The molecule has 6 heteroatoms. The summed E-state index contributed by atoms with van der Waals surface area (Å²) < 4.78 is 23.8. The van der Waals surface area contributed by atoms with Gasteiger partial charge in [-0.1, -0.05) is 24.3 Å². The molecule has 0 unspecified atom stereocenters. The van der Waals surface area contributed by atoms with E-state index in [-0.39, 0.29) is 5.56 Å². The number of para-hydroxylation sites is 1. The molecule has 0 saturated heterocycles. The number of hydrogen-bond donors (Lipinski definition) is 1. The van der Waals surface area contributed by atoms with E-state index in [1.165, 1.54) is 18.2 Å². The van der Waals surface area contributed by atoms with E-state index in [1.807, 2.05) is 24.3 Å². The normalized spacial score (nSPS) is 10.9. The van der Waals surface area contributed by atoms with Gasteiger partial charge in [0.2, 0.25) is 0 Å². The van der Waals surface area contributed by atoms with Gasteiger partial charge >= 0.3 is 5.97 Å². The fraction of sp³-hybridized carbons (Fsp3) is 0.0476. The average molecular weight is 363 g/mol. The van der Waals surface area contributed by atoms with Crippen LogP contribution in [0.5, 0.6) is 0 Å². The van der Waals surface area contributed by atoms with Gasteiger partial charge in [0.05, 0.1) is 5.56 Å². The number of carbonyl (C=O) groups is 2. The number of carbonyl (C=O) groups excluding carboxylic acids is 2. The van der Waals surface area contributed by atoms with E-state index in [0.717, 1.165) is 22.4 Å². The van der Waals surface area contributed by atoms with Crippen LogP contribution in [0.1, 0.15) is 10.4 Å². The molecule has 1 amide bonds. The maximum Gasteiger partial charge on any atom is 0.338 e. The highest BCUT2D eigenvalue weighted by Crippen LogP contribution is 2.30. The minimum Gasteiger partial charge on any atom is -0.456 e. The largest absolute Gasteiger partial charge is 0.456 e. The van der Waals surface area contributed by atoms with Crippen LogP contribution in [0, 0.1) is 5.82 Å². The van der Waals surface area contributed by atoms with Gasteiger partial charge in [-0.25, -0.2) is 9.18 Å². The Morgan fingerprint density at radius 2 is 1.74 bits per heavy atom. The lowest BCUT2D eigenvalue weighted by atomic mass is 10.1. The first-order valence-electron chi connectivity index (χ1n) is 8.24. The minimum absolute atomic E-state index is 0.0501. The molecule has 1 aromatic heterocycles. The number of hydrogen-bond acceptors (Lipinski definition) is 4. The Morgan fingerprint density at radius 3 is 2.59 bits per heavy atom. The summed E-state index contributed by atoms with van der Waals surface area (Å²) in [4.78, 5) is 23.9. The molecule has 4 rings (SSSR count). The van der Waals surface area contributed by atoms with Crippen molar-refractivity contribution in [1.29, 1.82) is 0 Å². The van der Waals surface area contributed by atoms with Gasteiger partial charge in [-0.3, -0.25) is 4.79 Å². The van der Waals surface area contributed by atoms with Crippen molar-refractivity contribution in [1.82, 2.24) is 0 Å². The molecule has 5 nitrogen and oxygen atoms in total. The van der Waals surface area contributed by atoms with Crippen molar-refractivity contribution in [3.05, 3.63) is 78.1 Å². The van der Waals surface area contributed by atoms with Crippen LogP contribution in [0.4, 0.5) is 10.1 Å². The van der Waals surface area contributed by atoms with Crippen molar-refractivity contribution in [2.75, 3.05) is 11.9 Å². The molecule has 0 spiro atoms. The first-order chi connectivity index (χ1) is 13.1. The Labute approximate surface area is 153 Å². The summed E-state index contributed by atoms with van der Waals surface area (Å²) in [6.07, 6.45) is 0. The Balaban J connectivity index is 1.45. The Hall–Kier alpha value is -3.67. The zero-order valence-electron chi connectivity index (χ0n) is 14.1. The molecular formula is C21H14FNO4. The van der Waals surface area contributed by atoms with Gasteiger partial charge in [-0.2, -0.15) is 0 Å². The molecule has 0 saturated carbocycles. The second-order valence-corrected chi connectivity index (χ2v) is 5.94. The fourth-order valence-corrected chi connectivity index (χ4v) is 2.83. The van der Waals surface area contributed by atoms with Gasteiger partial charge in [0, 0.05) is 16.5 Å². The van der Waals surface area contributed by atoms with Gasteiger partial charge in [0.25, 0.3) is 5.91 Å². The van der Waals surface area contributed by atoms with Gasteiger partial charge in [0.15, 0.2) is 6.61 Å². The van der Waals surface area contributed by atoms with Crippen LogP contribution in [-0.2, 0) is 9.53 Å². The summed E-state index contributed by atoms with van der Waals surface area (Å²) in [7, 11) is 0. The van der Waals surface area contributed by atoms with E-state index in [1.54, 1.807) is 18.2 Å². The zero-order chi connectivity index (χ0) is 18.8. The van der Waals surface area contributed by atoms with E-state index in [0.29, 0.717) is 11.3 Å². The number of anilines is 1. The number of rotatable bonds is 4. The molecular weight excluding hydrogens is 349 g/mol. The van der Waals surface area contributed by atoms with Crippen LogP contribution in [0.2, 0.25) is 0 Å². The molecule has 0 aliphatic heterocycles. The molecule has 1 heterocycles. The van der Waals surface area contributed by atoms with E-state index in [2.05, 4.69) is 5.32 Å². The first kappa shape index (κ1) is 16.8. The summed E-state index contributed by atoms with van der Waals surface area (Å²) in [5.74, 6) is -1.80. The van der Waals surface area contributed by atoms with E-state index < -0.39 is 24.3 Å². The van der Waals surface area contributed by atoms with Crippen molar-refractivity contribution < 1.29 is 23.1 Å². The average Bonchev–Trinajstić information content (AvgIpc) is 3.04. The van der Waals surface area contributed by atoms with Gasteiger partial charge in [-0.05, 0) is 42.5 Å². The number of amides is 1. The summed E-state index contributed by atoms with van der Waals surface area (Å²) >= 11 is 0. The molecule has 0 bridgehead atoms. The predicted molar refractivity (Wildman–Crippen MR) is 99.0 cm³/mol. The van der Waals surface area contributed by atoms with E-state index in [4.69, 9.17) is 9.15 Å². The summed E-state index contributed by atoms with van der Waals surface area (Å²) in [5.41, 5.74) is 2.08. The molecule has 1 N–H and O–H groups in total. The topological polar surface area (TPSA) is 68.5 Å². The zero-order valence-corrected chi connectivity index (χ0v) is 14.1. The van der Waals surface area contributed by atoms with Crippen molar-refractivity contribution in [2.45, 2.75) is 0 Å². The number of fused-ring (bicyclic) bond motifs is 3. The third-order valence-corrected chi connectivity index (χ3v) is 4.06. The van der Waals surface area contributed by atoms with Gasteiger partial charge in [0.1, 0.15) is 17.0 Å². The SMILES string of the molecule is O=C(COC(=O)c1cccc(F)c1)Nc1ccc2oc3ccccc3c2c1. The number of nitrogens with one attached hydrogen (secondary N) is 1. The summed E-state index contributed by atoms with van der Waals surface area (Å²) in [5, 5.41) is 4.50. The molecule has 0 radical (unpaired) electrons. The highest BCUT2D eigenvalue weighted by atomic mass is 19.1. The monoisotopic (exact) mass is 363 g/mol. The smallest absolute Gasteiger partial charge is 0.338 e. The van der Waals surface area contributed by atoms with Crippen LogP contribution < -0.4 is 5.32 Å². The molecule has 0 aliphatic carbocycles. The Kier molecular flexibility index (Phi) is 4.30. The maximum absolute atomic E-state index is 13.1. The van der Waals surface area contributed by atoms with E-state index in [9.17, 15) is 14.0 Å². The van der Waals surface area contributed by atoms with Crippen molar-refractivity contribution in [3.8, 4) is 0 Å². The molecule has 3 aromatic carbocycles. The van der Waals surface area contributed by atoms with Crippen LogP contribution in [-0.4, -0.2) is 18.5 Å². The molecule has 0 atom stereocenters. The fourth-order valence-electron chi connectivity index (χ4n) is 2.83.